The molecule has 3 rings (SSSR count). The van der Waals surface area contributed by atoms with Crippen molar-refractivity contribution in [3.05, 3.63) is 57.1 Å². The van der Waals surface area contributed by atoms with Crippen LogP contribution < -0.4 is 14.8 Å². The molecular weight excluding hydrogens is 361 g/mol. The van der Waals surface area contributed by atoms with E-state index < -0.39 is 0 Å². The lowest BCUT2D eigenvalue weighted by Crippen LogP contribution is -2.24. The Hall–Kier alpha value is -1.91. The van der Waals surface area contributed by atoms with Crippen LogP contribution >= 0.6 is 23.2 Å². The third-order valence-electron chi connectivity index (χ3n) is 4.01. The fourth-order valence-electron chi connectivity index (χ4n) is 2.89. The summed E-state index contributed by atoms with van der Waals surface area (Å²) in [6.07, 6.45) is 1.01. The molecule has 6 heteroatoms. The van der Waals surface area contributed by atoms with Gasteiger partial charge in [-0.25, -0.2) is 0 Å². The van der Waals surface area contributed by atoms with Crippen LogP contribution in [0.4, 0.5) is 0 Å². The van der Waals surface area contributed by atoms with E-state index in [9.17, 15) is 4.79 Å². The molecule has 4 nitrogen and oxygen atoms in total. The van der Waals surface area contributed by atoms with Crippen molar-refractivity contribution in [1.29, 1.82) is 0 Å². The van der Waals surface area contributed by atoms with E-state index in [1.165, 1.54) is 0 Å². The van der Waals surface area contributed by atoms with Crippen molar-refractivity contribution in [2.75, 3.05) is 6.61 Å². The molecule has 1 aliphatic rings. The Morgan fingerprint density at radius 3 is 2.72 bits per heavy atom. The number of halogens is 2. The third-order valence-corrected chi connectivity index (χ3v) is 4.64. The van der Waals surface area contributed by atoms with E-state index in [0.717, 1.165) is 29.0 Å². The Balaban J connectivity index is 1.81. The molecule has 1 aliphatic heterocycles. The molecule has 2 aromatic carbocycles. The molecule has 1 atom stereocenters. The lowest BCUT2D eigenvalue weighted by molar-refractivity contribution is 0.0951. The summed E-state index contributed by atoms with van der Waals surface area (Å²) >= 11 is 12.2. The first kappa shape index (κ1) is 17.9. The zero-order valence-electron chi connectivity index (χ0n) is 14.1. The average Bonchev–Trinajstić information content (AvgIpc) is 2.91. The Labute approximate surface area is 157 Å². The van der Waals surface area contributed by atoms with Crippen LogP contribution in [-0.2, 0) is 13.0 Å². The van der Waals surface area contributed by atoms with Crippen LogP contribution in [0.2, 0.25) is 10.0 Å². The van der Waals surface area contributed by atoms with E-state index in [1.807, 2.05) is 26.0 Å². The maximum atomic E-state index is 12.5. The van der Waals surface area contributed by atoms with Gasteiger partial charge in [-0.05, 0) is 38.1 Å². The molecule has 0 fully saturated rings. The molecule has 0 aliphatic carbocycles. The highest BCUT2D eigenvalue weighted by Crippen LogP contribution is 2.35. The van der Waals surface area contributed by atoms with Gasteiger partial charge < -0.3 is 14.8 Å². The number of carbonyl (C=O) groups excluding carboxylic acids is 1. The van der Waals surface area contributed by atoms with Gasteiger partial charge in [0.15, 0.2) is 0 Å². The molecule has 1 heterocycles. The van der Waals surface area contributed by atoms with Crippen LogP contribution in [0.15, 0.2) is 30.3 Å². The molecule has 0 spiro atoms. The van der Waals surface area contributed by atoms with Gasteiger partial charge in [0.05, 0.1) is 22.2 Å². The molecule has 0 aromatic heterocycles. The smallest absolute Gasteiger partial charge is 0.254 e. The highest BCUT2D eigenvalue weighted by atomic mass is 35.5. The maximum Gasteiger partial charge on any atom is 0.254 e. The number of ether oxygens (including phenoxy) is 2. The van der Waals surface area contributed by atoms with Crippen LogP contribution in [-0.4, -0.2) is 18.6 Å². The SMILES string of the molecule is CCOc1cc2c(cc1CNC(=O)c1c(Cl)cccc1Cl)OC(C)C2. The van der Waals surface area contributed by atoms with E-state index in [-0.39, 0.29) is 17.6 Å². The van der Waals surface area contributed by atoms with Gasteiger partial charge in [-0.3, -0.25) is 4.79 Å². The van der Waals surface area contributed by atoms with Gasteiger partial charge in [0, 0.05) is 24.1 Å². The van der Waals surface area contributed by atoms with Gasteiger partial charge >= 0.3 is 0 Å². The minimum atomic E-state index is -0.326. The number of nitrogens with one attached hydrogen (secondary N) is 1. The molecule has 0 bridgehead atoms. The number of rotatable bonds is 5. The number of amides is 1. The van der Waals surface area contributed by atoms with Crippen molar-refractivity contribution < 1.29 is 14.3 Å². The van der Waals surface area contributed by atoms with Crippen molar-refractivity contribution in [2.45, 2.75) is 32.9 Å². The van der Waals surface area contributed by atoms with E-state index in [4.69, 9.17) is 32.7 Å². The second-order valence-electron chi connectivity index (χ2n) is 5.91. The Bertz CT molecular complexity index is 787. The first-order valence-corrected chi connectivity index (χ1v) is 8.92. The summed E-state index contributed by atoms with van der Waals surface area (Å²) in [7, 11) is 0. The van der Waals surface area contributed by atoms with E-state index in [0.29, 0.717) is 23.2 Å². The second kappa shape index (κ2) is 7.54. The minimum absolute atomic E-state index is 0.149. The number of hydrogen-bond acceptors (Lipinski definition) is 3. The van der Waals surface area contributed by atoms with Gasteiger partial charge in [0.2, 0.25) is 0 Å². The molecule has 1 amide bonds. The predicted octanol–water partition coefficient (Wildman–Crippen LogP) is 4.65. The van der Waals surface area contributed by atoms with Crippen molar-refractivity contribution in [1.82, 2.24) is 5.32 Å². The second-order valence-corrected chi connectivity index (χ2v) is 6.73. The molecule has 0 saturated carbocycles. The predicted molar refractivity (Wildman–Crippen MR) is 99.0 cm³/mol. The van der Waals surface area contributed by atoms with Crippen LogP contribution in [0, 0.1) is 0 Å². The monoisotopic (exact) mass is 379 g/mol. The highest BCUT2D eigenvalue weighted by molar-refractivity contribution is 6.39. The summed E-state index contributed by atoms with van der Waals surface area (Å²) in [6.45, 7) is 4.80. The third kappa shape index (κ3) is 3.86. The Morgan fingerprint density at radius 1 is 1.32 bits per heavy atom. The first-order valence-electron chi connectivity index (χ1n) is 8.17. The van der Waals surface area contributed by atoms with Crippen molar-refractivity contribution in [2.24, 2.45) is 0 Å². The van der Waals surface area contributed by atoms with E-state index in [2.05, 4.69) is 5.32 Å². The molecule has 25 heavy (non-hydrogen) atoms. The summed E-state index contributed by atoms with van der Waals surface area (Å²) in [5, 5.41) is 3.50. The van der Waals surface area contributed by atoms with Crippen molar-refractivity contribution in [3.63, 3.8) is 0 Å². The van der Waals surface area contributed by atoms with Gasteiger partial charge in [-0.15, -0.1) is 0 Å². The highest BCUT2D eigenvalue weighted by Gasteiger charge is 2.22. The van der Waals surface area contributed by atoms with Gasteiger partial charge in [-0.1, -0.05) is 29.3 Å². The standard InChI is InChI=1S/C19H19Cl2NO3/c1-3-24-16-8-12-7-11(2)25-17(12)9-13(16)10-22-19(23)18-14(20)5-4-6-15(18)21/h4-6,8-9,11H,3,7,10H2,1-2H3,(H,22,23). The molecular formula is C19H19Cl2NO3. The van der Waals surface area contributed by atoms with E-state index in [1.54, 1.807) is 18.2 Å². The fraction of sp³-hybridized carbons (Fsp3) is 0.316. The molecule has 2 aromatic rings. The number of benzene rings is 2. The number of carbonyl (C=O) groups is 1. The summed E-state index contributed by atoms with van der Waals surface area (Å²) < 4.78 is 11.5. The molecule has 1 N–H and O–H groups in total. The van der Waals surface area contributed by atoms with Crippen LogP contribution in [0.25, 0.3) is 0 Å². The van der Waals surface area contributed by atoms with Gasteiger partial charge in [0.25, 0.3) is 5.91 Å². The summed E-state index contributed by atoms with van der Waals surface area (Å²) in [5.74, 6) is 1.27. The molecule has 0 saturated heterocycles. The number of hydrogen-bond donors (Lipinski definition) is 1. The topological polar surface area (TPSA) is 47.6 Å². The van der Waals surface area contributed by atoms with Gasteiger partial charge in [0.1, 0.15) is 17.6 Å². The van der Waals surface area contributed by atoms with Crippen molar-refractivity contribution >= 4 is 29.1 Å². The number of fused-ring (bicyclic) bond motifs is 1. The zero-order chi connectivity index (χ0) is 18.0. The molecule has 1 unspecified atom stereocenters. The van der Waals surface area contributed by atoms with Crippen LogP contribution in [0.5, 0.6) is 11.5 Å². The first-order chi connectivity index (χ1) is 12.0. The normalized spacial score (nSPS) is 15.4. The minimum Gasteiger partial charge on any atom is -0.494 e. The summed E-state index contributed by atoms with van der Waals surface area (Å²) in [6, 6.07) is 8.90. The Kier molecular flexibility index (Phi) is 5.40. The quantitative estimate of drug-likeness (QED) is 0.822. The Morgan fingerprint density at radius 2 is 2.04 bits per heavy atom. The molecule has 0 radical (unpaired) electrons. The fourth-order valence-corrected chi connectivity index (χ4v) is 3.46. The van der Waals surface area contributed by atoms with Crippen LogP contribution in [0.1, 0.15) is 35.3 Å². The molecule has 132 valence electrons. The lowest BCUT2D eigenvalue weighted by Gasteiger charge is -2.14. The summed E-state index contributed by atoms with van der Waals surface area (Å²) in [5.41, 5.74) is 2.25. The zero-order valence-corrected chi connectivity index (χ0v) is 15.6. The average molecular weight is 380 g/mol. The maximum absolute atomic E-state index is 12.5. The van der Waals surface area contributed by atoms with Gasteiger partial charge in [-0.2, -0.15) is 0 Å². The largest absolute Gasteiger partial charge is 0.494 e. The van der Waals surface area contributed by atoms with Crippen LogP contribution in [0.3, 0.4) is 0 Å². The van der Waals surface area contributed by atoms with E-state index >= 15 is 0 Å². The van der Waals surface area contributed by atoms with Crippen molar-refractivity contribution in [3.8, 4) is 11.5 Å². The lowest BCUT2D eigenvalue weighted by atomic mass is 10.1. The summed E-state index contributed by atoms with van der Waals surface area (Å²) in [4.78, 5) is 12.5.